The van der Waals surface area contributed by atoms with Crippen molar-refractivity contribution in [3.05, 3.63) is 58.1 Å². The van der Waals surface area contributed by atoms with Gasteiger partial charge >= 0.3 is 0 Å². The first-order valence-electron chi connectivity index (χ1n) is 11.5. The molecule has 2 saturated carbocycles. The lowest BCUT2D eigenvalue weighted by molar-refractivity contribution is -0.123. The van der Waals surface area contributed by atoms with Gasteiger partial charge < -0.3 is 20.1 Å². The summed E-state index contributed by atoms with van der Waals surface area (Å²) in [6.45, 7) is -0.165. The number of ketones is 1. The Morgan fingerprint density at radius 2 is 1.41 bits per heavy atom. The number of rotatable bonds is 7. The van der Waals surface area contributed by atoms with Crippen LogP contribution in [-0.2, 0) is 14.4 Å². The number of Topliss-reactive ketones (excluding diaryl/α,β-unsaturated/α-hetero) is 1. The Bertz CT molecular complexity index is 969. The van der Waals surface area contributed by atoms with Crippen molar-refractivity contribution in [2.45, 2.75) is 31.2 Å². The molecule has 2 aliphatic carbocycles. The van der Waals surface area contributed by atoms with Gasteiger partial charge in [0.2, 0.25) is 0 Å². The molecule has 2 aliphatic rings. The topological polar surface area (TPSA) is 93.7 Å². The van der Waals surface area contributed by atoms with E-state index in [0.29, 0.717) is 35.8 Å². The van der Waals surface area contributed by atoms with Crippen LogP contribution in [0.3, 0.4) is 0 Å². The van der Waals surface area contributed by atoms with Gasteiger partial charge in [-0.2, -0.15) is 0 Å². The lowest BCUT2D eigenvalue weighted by Crippen LogP contribution is -2.45. The molecule has 0 aliphatic heterocycles. The van der Waals surface area contributed by atoms with Crippen LogP contribution in [0.5, 0.6) is 11.5 Å². The quantitative estimate of drug-likeness (QED) is 0.475. The van der Waals surface area contributed by atoms with Crippen molar-refractivity contribution in [1.29, 1.82) is 0 Å². The number of ether oxygens (including phenoxy) is 2. The van der Waals surface area contributed by atoms with E-state index in [-0.39, 0.29) is 28.8 Å². The summed E-state index contributed by atoms with van der Waals surface area (Å²) >= 11 is 10.8. The molecule has 7 nitrogen and oxygen atoms in total. The molecular formula is C26H32Cl2F2N2O5. The molecule has 0 amide bonds. The first-order chi connectivity index (χ1) is 17.7. The second-order valence-electron chi connectivity index (χ2n) is 8.18. The largest absolute Gasteiger partial charge is 0.486 e. The molecule has 2 N–H and O–H groups in total. The normalized spacial score (nSPS) is 18.8. The average Bonchev–Trinajstić information content (AvgIpc) is 3.45. The third-order valence-corrected chi connectivity index (χ3v) is 6.13. The number of likely N-dealkylation sites (N-methyl/N-ethyl adjacent to an activating group) is 1. The Hall–Kier alpha value is -2.59. The Morgan fingerprint density at radius 1 is 0.946 bits per heavy atom. The van der Waals surface area contributed by atoms with Crippen LogP contribution in [0, 0.1) is 17.6 Å². The van der Waals surface area contributed by atoms with E-state index in [1.54, 1.807) is 0 Å². The molecule has 0 radical (unpaired) electrons. The highest BCUT2D eigenvalue weighted by atomic mass is 35.5. The number of carbonyl (C=O) groups is 3. The van der Waals surface area contributed by atoms with Crippen molar-refractivity contribution in [1.82, 2.24) is 10.6 Å². The number of carbonyl (C=O) groups excluding carboxylic acids is 3. The maximum Gasteiger partial charge on any atom is 0.157 e. The standard InChI is InChI=1S/2C8H6ClFO2.C8H13NO.C2H7N/c2*9-7-2-1-6(5-8(7)10)12-4-3-11;1-9-8-3-2-6(5-8)4-7(8)10;1-3-2/h2*1-3,5H,4H2;6,9H,2-5H2,1H3;3H,1-2H3. The van der Waals surface area contributed by atoms with Gasteiger partial charge in [-0.15, -0.1) is 0 Å². The Balaban J connectivity index is 0.000000264. The second kappa shape index (κ2) is 17.0. The maximum atomic E-state index is 12.7. The van der Waals surface area contributed by atoms with E-state index in [0.717, 1.165) is 31.4 Å². The van der Waals surface area contributed by atoms with Crippen LogP contribution < -0.4 is 20.1 Å². The second-order valence-corrected chi connectivity index (χ2v) is 8.99. The van der Waals surface area contributed by atoms with E-state index in [1.807, 2.05) is 21.1 Å². The smallest absolute Gasteiger partial charge is 0.157 e. The van der Waals surface area contributed by atoms with Crippen LogP contribution in [0.2, 0.25) is 10.0 Å². The molecule has 204 valence electrons. The monoisotopic (exact) mass is 560 g/mol. The van der Waals surface area contributed by atoms with Gasteiger partial charge in [-0.05, 0) is 70.6 Å². The van der Waals surface area contributed by atoms with Crippen LogP contribution in [0.4, 0.5) is 8.78 Å². The fraction of sp³-hybridized carbons (Fsp3) is 0.423. The minimum atomic E-state index is -0.555. The van der Waals surface area contributed by atoms with Crippen LogP contribution in [0.15, 0.2) is 36.4 Å². The molecule has 0 heterocycles. The molecule has 2 aromatic carbocycles. The van der Waals surface area contributed by atoms with Gasteiger partial charge in [-0.25, -0.2) is 8.78 Å². The molecule has 2 aromatic rings. The first kappa shape index (κ1) is 32.4. The molecular weight excluding hydrogens is 529 g/mol. The van der Waals surface area contributed by atoms with Gasteiger partial charge in [-0.1, -0.05) is 23.2 Å². The first-order valence-corrected chi connectivity index (χ1v) is 12.3. The Labute approximate surface area is 225 Å². The summed E-state index contributed by atoms with van der Waals surface area (Å²) in [5.41, 5.74) is -0.0787. The van der Waals surface area contributed by atoms with Crippen molar-refractivity contribution in [2.75, 3.05) is 34.4 Å². The predicted molar refractivity (Wildman–Crippen MR) is 140 cm³/mol. The van der Waals surface area contributed by atoms with Crippen LogP contribution in [-0.4, -0.2) is 58.3 Å². The van der Waals surface area contributed by atoms with E-state index >= 15 is 0 Å². The fourth-order valence-corrected chi connectivity index (χ4v) is 4.03. The summed E-state index contributed by atoms with van der Waals surface area (Å²) in [6.07, 6.45) is 5.45. The highest BCUT2D eigenvalue weighted by Crippen LogP contribution is 2.44. The molecule has 2 unspecified atom stereocenters. The van der Waals surface area contributed by atoms with Gasteiger partial charge in [0, 0.05) is 18.6 Å². The molecule has 4 rings (SSSR count). The summed E-state index contributed by atoms with van der Waals surface area (Å²) < 4.78 is 35.1. The van der Waals surface area contributed by atoms with Crippen molar-refractivity contribution in [2.24, 2.45) is 5.92 Å². The number of hydrogen-bond donors (Lipinski definition) is 2. The van der Waals surface area contributed by atoms with E-state index in [4.69, 9.17) is 32.7 Å². The lowest BCUT2D eigenvalue weighted by atomic mass is 9.93. The number of fused-ring (bicyclic) bond motifs is 2. The van der Waals surface area contributed by atoms with Crippen molar-refractivity contribution < 1.29 is 32.6 Å². The number of hydrogen-bond acceptors (Lipinski definition) is 7. The third kappa shape index (κ3) is 10.7. The van der Waals surface area contributed by atoms with Crippen LogP contribution in [0.1, 0.15) is 25.7 Å². The lowest BCUT2D eigenvalue weighted by Gasteiger charge is -2.23. The van der Waals surface area contributed by atoms with E-state index in [9.17, 15) is 23.2 Å². The zero-order chi connectivity index (χ0) is 27.8. The summed E-state index contributed by atoms with van der Waals surface area (Å²) in [4.78, 5) is 31.1. The highest BCUT2D eigenvalue weighted by Gasteiger charge is 2.50. The number of aldehydes is 2. The zero-order valence-electron chi connectivity index (χ0n) is 21.0. The number of nitrogens with one attached hydrogen (secondary N) is 2. The predicted octanol–water partition coefficient (Wildman–Crippen LogP) is 4.67. The molecule has 0 saturated heterocycles. The van der Waals surface area contributed by atoms with Gasteiger partial charge in [0.25, 0.3) is 0 Å². The van der Waals surface area contributed by atoms with Gasteiger partial charge in [0.1, 0.15) is 36.3 Å². The molecule has 0 aromatic heterocycles. The van der Waals surface area contributed by atoms with Crippen molar-refractivity contribution >= 4 is 41.6 Å². The van der Waals surface area contributed by atoms with Crippen LogP contribution in [0.25, 0.3) is 0 Å². The molecule has 2 bridgehead atoms. The highest BCUT2D eigenvalue weighted by molar-refractivity contribution is 6.31. The minimum Gasteiger partial charge on any atom is -0.486 e. The van der Waals surface area contributed by atoms with E-state index in [2.05, 4.69) is 10.6 Å². The number of halogens is 4. The summed E-state index contributed by atoms with van der Waals surface area (Å²) in [5.74, 6) is 0.638. The molecule has 2 atom stereocenters. The zero-order valence-corrected chi connectivity index (χ0v) is 22.5. The summed E-state index contributed by atoms with van der Waals surface area (Å²) in [5, 5.41) is 5.99. The van der Waals surface area contributed by atoms with Gasteiger partial charge in [0.05, 0.1) is 15.6 Å². The number of benzene rings is 2. The van der Waals surface area contributed by atoms with Crippen molar-refractivity contribution in [3.8, 4) is 11.5 Å². The summed E-state index contributed by atoms with van der Waals surface area (Å²) in [7, 11) is 5.66. The SMILES string of the molecule is CNC.CNC12CCC(CC1=O)C2.O=CCOc1ccc(Cl)c(F)c1.O=CCOc1ccc(Cl)c(F)c1. The Morgan fingerprint density at radius 3 is 1.68 bits per heavy atom. The molecule has 0 spiro atoms. The molecule has 37 heavy (non-hydrogen) atoms. The minimum absolute atomic E-state index is 0.0356. The average molecular weight is 561 g/mol. The maximum absolute atomic E-state index is 12.7. The van der Waals surface area contributed by atoms with Crippen molar-refractivity contribution in [3.63, 3.8) is 0 Å². The third-order valence-electron chi connectivity index (χ3n) is 5.52. The molecule has 2 fully saturated rings. The van der Waals surface area contributed by atoms with E-state index in [1.165, 1.54) is 30.7 Å². The Kier molecular flexibility index (Phi) is 14.9. The van der Waals surface area contributed by atoms with E-state index < -0.39 is 11.6 Å². The van der Waals surface area contributed by atoms with Gasteiger partial charge in [0.15, 0.2) is 18.4 Å². The van der Waals surface area contributed by atoms with Gasteiger partial charge in [-0.3, -0.25) is 14.4 Å². The molecule has 11 heteroatoms. The fourth-order valence-electron chi connectivity index (χ4n) is 3.79. The van der Waals surface area contributed by atoms with Crippen LogP contribution >= 0.6 is 23.2 Å². The summed E-state index contributed by atoms with van der Waals surface area (Å²) in [6, 6.07) is 8.00.